The third-order valence-electron chi connectivity index (χ3n) is 4.24. The Bertz CT molecular complexity index is 805. The average Bonchev–Trinajstić information content (AvgIpc) is 3.16. The van der Waals surface area contributed by atoms with Crippen LogP contribution in [0.5, 0.6) is 17.4 Å². The molecule has 6 heteroatoms. The van der Waals surface area contributed by atoms with E-state index in [1.165, 1.54) is 0 Å². The summed E-state index contributed by atoms with van der Waals surface area (Å²) in [7, 11) is 1.60. The van der Waals surface area contributed by atoms with Crippen LogP contribution in [0.3, 0.4) is 0 Å². The molecule has 1 atom stereocenters. The molecule has 0 spiro atoms. The van der Waals surface area contributed by atoms with E-state index in [-0.39, 0.29) is 12.7 Å². The van der Waals surface area contributed by atoms with Crippen LogP contribution in [0.4, 0.5) is 0 Å². The normalized spacial score (nSPS) is 20.8. The fraction of sp³-hybridized carbons (Fsp3) is 0.294. The van der Waals surface area contributed by atoms with Gasteiger partial charge >= 0.3 is 0 Å². The molecule has 2 aliphatic heterocycles. The lowest BCUT2D eigenvalue weighted by atomic mass is 9.93. The van der Waals surface area contributed by atoms with Crippen molar-refractivity contribution in [2.45, 2.75) is 18.9 Å². The number of carbonyl (C=O) groups is 1. The highest BCUT2D eigenvalue weighted by Gasteiger charge is 2.43. The van der Waals surface area contributed by atoms with Gasteiger partial charge in [0.1, 0.15) is 0 Å². The smallest absolute Gasteiger partial charge is 0.264 e. The minimum absolute atomic E-state index is 0.160. The topological polar surface area (TPSA) is 69.7 Å². The number of carbonyl (C=O) groups excluding carboxylic acids is 1. The van der Waals surface area contributed by atoms with Crippen LogP contribution in [0.1, 0.15) is 12.5 Å². The van der Waals surface area contributed by atoms with E-state index in [1.54, 1.807) is 20.2 Å². The van der Waals surface area contributed by atoms with Gasteiger partial charge in [0.05, 0.1) is 0 Å². The Morgan fingerprint density at radius 2 is 2.09 bits per heavy atom. The number of nitrogens with one attached hydrogen (secondary N) is 1. The first kappa shape index (κ1) is 13.9. The molecule has 0 fully saturated rings. The molecule has 2 aromatic rings. The van der Waals surface area contributed by atoms with Crippen LogP contribution >= 0.6 is 0 Å². The lowest BCUT2D eigenvalue weighted by Crippen LogP contribution is -2.46. The fourth-order valence-corrected chi connectivity index (χ4v) is 3.04. The maximum atomic E-state index is 12.1. The van der Waals surface area contributed by atoms with E-state index in [0.717, 1.165) is 28.2 Å². The van der Waals surface area contributed by atoms with E-state index in [1.807, 2.05) is 24.3 Å². The van der Waals surface area contributed by atoms with Gasteiger partial charge in [-0.15, -0.1) is 0 Å². The summed E-state index contributed by atoms with van der Waals surface area (Å²) in [4.78, 5) is 16.4. The molecule has 3 heterocycles. The molecule has 2 aliphatic rings. The molecular formula is C17H16N2O4. The number of rotatable bonds is 2. The Morgan fingerprint density at radius 1 is 1.26 bits per heavy atom. The first-order valence-corrected chi connectivity index (χ1v) is 7.40. The average molecular weight is 312 g/mol. The minimum atomic E-state index is -0.934. The van der Waals surface area contributed by atoms with Gasteiger partial charge in [0, 0.05) is 25.2 Å². The number of benzene rings is 1. The zero-order valence-electron chi connectivity index (χ0n) is 12.9. The SMILES string of the molecule is CNC(=O)C1(C)Cc2c(-c3ccc4c(c3)OCO4)ccnc2O1. The first-order chi connectivity index (χ1) is 11.1. The first-order valence-electron chi connectivity index (χ1n) is 7.40. The Morgan fingerprint density at radius 3 is 2.91 bits per heavy atom. The molecular weight excluding hydrogens is 296 g/mol. The zero-order chi connectivity index (χ0) is 16.0. The van der Waals surface area contributed by atoms with Crippen molar-refractivity contribution >= 4 is 5.91 Å². The predicted molar refractivity (Wildman–Crippen MR) is 82.6 cm³/mol. The summed E-state index contributed by atoms with van der Waals surface area (Å²) in [6, 6.07) is 7.72. The maximum Gasteiger partial charge on any atom is 0.264 e. The standard InChI is InChI=1S/C17H16N2O4/c1-17(16(20)18-2)8-12-11(5-6-19-15(12)23-17)10-3-4-13-14(7-10)22-9-21-13/h3-7H,8-9H2,1-2H3,(H,18,20). The van der Waals surface area contributed by atoms with Crippen LogP contribution < -0.4 is 19.5 Å². The lowest BCUT2D eigenvalue weighted by Gasteiger charge is -2.20. The molecule has 0 bridgehead atoms. The van der Waals surface area contributed by atoms with Gasteiger partial charge in [-0.2, -0.15) is 0 Å². The van der Waals surface area contributed by atoms with E-state index < -0.39 is 5.60 Å². The summed E-state index contributed by atoms with van der Waals surface area (Å²) in [6.07, 6.45) is 2.16. The van der Waals surface area contributed by atoms with Crippen LogP contribution in [-0.4, -0.2) is 30.3 Å². The highest BCUT2D eigenvalue weighted by atomic mass is 16.7. The van der Waals surface area contributed by atoms with Crippen LogP contribution in [0.15, 0.2) is 30.5 Å². The molecule has 1 unspecified atom stereocenters. The molecule has 4 rings (SSSR count). The van der Waals surface area contributed by atoms with E-state index >= 15 is 0 Å². The number of aromatic nitrogens is 1. The lowest BCUT2D eigenvalue weighted by molar-refractivity contribution is -0.133. The Balaban J connectivity index is 1.77. The van der Waals surface area contributed by atoms with Crippen molar-refractivity contribution in [2.24, 2.45) is 0 Å². The predicted octanol–water partition coefficient (Wildman–Crippen LogP) is 1.92. The quantitative estimate of drug-likeness (QED) is 0.917. The third kappa shape index (κ3) is 2.10. The van der Waals surface area contributed by atoms with Crippen molar-refractivity contribution in [3.63, 3.8) is 0 Å². The summed E-state index contributed by atoms with van der Waals surface area (Å²) in [5.41, 5.74) is 1.97. The van der Waals surface area contributed by atoms with Gasteiger partial charge in [-0.3, -0.25) is 4.79 Å². The third-order valence-corrected chi connectivity index (χ3v) is 4.24. The molecule has 0 saturated carbocycles. The van der Waals surface area contributed by atoms with E-state index in [9.17, 15) is 4.79 Å². The molecule has 0 saturated heterocycles. The fourth-order valence-electron chi connectivity index (χ4n) is 3.04. The van der Waals surface area contributed by atoms with Gasteiger partial charge in [0.15, 0.2) is 17.1 Å². The summed E-state index contributed by atoms with van der Waals surface area (Å²) in [5, 5.41) is 2.65. The number of fused-ring (bicyclic) bond motifs is 2. The van der Waals surface area contributed by atoms with Crippen molar-refractivity contribution in [3.05, 3.63) is 36.0 Å². The largest absolute Gasteiger partial charge is 0.461 e. The molecule has 1 N–H and O–H groups in total. The maximum absolute atomic E-state index is 12.1. The number of pyridine rings is 1. The van der Waals surface area contributed by atoms with E-state index in [0.29, 0.717) is 12.3 Å². The van der Waals surface area contributed by atoms with Crippen molar-refractivity contribution in [3.8, 4) is 28.5 Å². The van der Waals surface area contributed by atoms with Gasteiger partial charge in [0.2, 0.25) is 12.7 Å². The Labute approximate surface area is 133 Å². The van der Waals surface area contributed by atoms with Crippen molar-refractivity contribution in [2.75, 3.05) is 13.8 Å². The summed E-state index contributed by atoms with van der Waals surface area (Å²) in [5.74, 6) is 1.81. The Kier molecular flexibility index (Phi) is 2.94. The van der Waals surface area contributed by atoms with E-state index in [2.05, 4.69) is 10.3 Å². The number of amides is 1. The van der Waals surface area contributed by atoms with Crippen LogP contribution in [0.2, 0.25) is 0 Å². The molecule has 23 heavy (non-hydrogen) atoms. The highest BCUT2D eigenvalue weighted by Crippen LogP contribution is 2.42. The van der Waals surface area contributed by atoms with E-state index in [4.69, 9.17) is 14.2 Å². The number of ether oxygens (including phenoxy) is 3. The second-order valence-electron chi connectivity index (χ2n) is 5.80. The van der Waals surface area contributed by atoms with Crippen molar-refractivity contribution in [1.29, 1.82) is 0 Å². The van der Waals surface area contributed by atoms with Gasteiger partial charge < -0.3 is 19.5 Å². The van der Waals surface area contributed by atoms with Crippen molar-refractivity contribution in [1.82, 2.24) is 10.3 Å². The Hall–Kier alpha value is -2.76. The molecule has 0 aliphatic carbocycles. The van der Waals surface area contributed by atoms with Crippen LogP contribution in [0, 0.1) is 0 Å². The molecule has 1 amide bonds. The van der Waals surface area contributed by atoms with Gasteiger partial charge in [-0.25, -0.2) is 4.98 Å². The van der Waals surface area contributed by atoms with Crippen molar-refractivity contribution < 1.29 is 19.0 Å². The molecule has 1 aromatic carbocycles. The number of hydrogen-bond acceptors (Lipinski definition) is 5. The monoisotopic (exact) mass is 312 g/mol. The summed E-state index contributed by atoms with van der Waals surface area (Å²) >= 11 is 0. The highest BCUT2D eigenvalue weighted by molar-refractivity contribution is 5.87. The van der Waals surface area contributed by atoms with Gasteiger partial charge in [-0.1, -0.05) is 6.07 Å². The molecule has 0 radical (unpaired) electrons. The molecule has 6 nitrogen and oxygen atoms in total. The number of likely N-dealkylation sites (N-methyl/N-ethyl adjacent to an activating group) is 1. The second-order valence-corrected chi connectivity index (χ2v) is 5.80. The van der Waals surface area contributed by atoms with Gasteiger partial charge in [0.25, 0.3) is 5.91 Å². The minimum Gasteiger partial charge on any atom is -0.461 e. The summed E-state index contributed by atoms with van der Waals surface area (Å²) < 4.78 is 16.6. The summed E-state index contributed by atoms with van der Waals surface area (Å²) in [6.45, 7) is 2.02. The number of hydrogen-bond donors (Lipinski definition) is 1. The van der Waals surface area contributed by atoms with Crippen LogP contribution in [0.25, 0.3) is 11.1 Å². The van der Waals surface area contributed by atoms with Gasteiger partial charge in [-0.05, 0) is 36.2 Å². The zero-order valence-corrected chi connectivity index (χ0v) is 12.9. The van der Waals surface area contributed by atoms with Crippen LogP contribution in [-0.2, 0) is 11.2 Å². The molecule has 1 aromatic heterocycles. The second kappa shape index (κ2) is 4.87. The molecule has 118 valence electrons. The number of nitrogens with zero attached hydrogens (tertiary/aromatic N) is 1.